The van der Waals surface area contributed by atoms with Crippen molar-refractivity contribution in [2.45, 2.75) is 30.3 Å². The van der Waals surface area contributed by atoms with Gasteiger partial charge in [-0.05, 0) is 37.3 Å². The molecule has 5 nitrogen and oxygen atoms in total. The fourth-order valence-electron chi connectivity index (χ4n) is 2.16. The van der Waals surface area contributed by atoms with E-state index in [1.54, 1.807) is 0 Å². The van der Waals surface area contributed by atoms with Gasteiger partial charge in [0.15, 0.2) is 5.82 Å². The van der Waals surface area contributed by atoms with Crippen LogP contribution in [-0.2, 0) is 10.0 Å². The molecule has 18 heavy (non-hydrogen) atoms. The summed E-state index contributed by atoms with van der Waals surface area (Å²) in [5.74, 6) is -0.616. The third-order valence-corrected chi connectivity index (χ3v) is 4.48. The first-order chi connectivity index (χ1) is 8.49. The normalized spacial score (nSPS) is 24.3. The zero-order valence-electron chi connectivity index (χ0n) is 9.84. The first kappa shape index (κ1) is 13.4. The summed E-state index contributed by atoms with van der Waals surface area (Å²) in [6.45, 7) is 0.284. The number of hydrogen-bond donors (Lipinski definition) is 2. The van der Waals surface area contributed by atoms with E-state index < -0.39 is 20.9 Å². The first-order valence-corrected chi connectivity index (χ1v) is 7.33. The van der Waals surface area contributed by atoms with E-state index in [2.05, 4.69) is 9.71 Å². The van der Waals surface area contributed by atoms with Crippen molar-refractivity contribution in [3.05, 3.63) is 24.1 Å². The van der Waals surface area contributed by atoms with E-state index in [0.717, 1.165) is 25.3 Å². The fourth-order valence-corrected chi connectivity index (χ4v) is 3.28. The highest BCUT2D eigenvalue weighted by Gasteiger charge is 2.25. The lowest BCUT2D eigenvalue weighted by Gasteiger charge is -2.11. The van der Waals surface area contributed by atoms with Gasteiger partial charge < -0.3 is 5.73 Å². The van der Waals surface area contributed by atoms with Gasteiger partial charge in [-0.15, -0.1) is 0 Å². The summed E-state index contributed by atoms with van der Waals surface area (Å²) in [6.07, 6.45) is 3.86. The van der Waals surface area contributed by atoms with E-state index in [9.17, 15) is 12.8 Å². The quantitative estimate of drug-likeness (QED) is 0.842. The lowest BCUT2D eigenvalue weighted by atomic mass is 10.1. The molecule has 2 rings (SSSR count). The van der Waals surface area contributed by atoms with Crippen molar-refractivity contribution in [2.75, 3.05) is 6.54 Å². The molecule has 0 spiro atoms. The highest BCUT2D eigenvalue weighted by molar-refractivity contribution is 7.89. The van der Waals surface area contributed by atoms with Gasteiger partial charge in [0.25, 0.3) is 10.0 Å². The molecule has 3 N–H and O–H groups in total. The number of aromatic nitrogens is 1. The number of nitrogens with zero attached hydrogens (tertiary/aromatic N) is 1. The lowest BCUT2D eigenvalue weighted by molar-refractivity contribution is 0.504. The van der Waals surface area contributed by atoms with Crippen LogP contribution >= 0.6 is 0 Å². The molecule has 2 unspecified atom stereocenters. The molecular formula is C11H16FN3O2S. The summed E-state index contributed by atoms with van der Waals surface area (Å²) >= 11 is 0. The summed E-state index contributed by atoms with van der Waals surface area (Å²) in [6, 6.07) is 2.57. The van der Waals surface area contributed by atoms with E-state index in [-0.39, 0.29) is 18.5 Å². The minimum absolute atomic E-state index is 0.145. The van der Waals surface area contributed by atoms with E-state index in [1.807, 2.05) is 0 Å². The number of sulfonamides is 1. The van der Waals surface area contributed by atoms with E-state index in [1.165, 1.54) is 12.3 Å². The molecule has 1 aliphatic carbocycles. The summed E-state index contributed by atoms with van der Waals surface area (Å²) < 4.78 is 39.4. The monoisotopic (exact) mass is 273 g/mol. The van der Waals surface area contributed by atoms with Crippen LogP contribution in [0.3, 0.4) is 0 Å². The van der Waals surface area contributed by atoms with Crippen LogP contribution in [0.5, 0.6) is 0 Å². The molecule has 0 saturated heterocycles. The van der Waals surface area contributed by atoms with Gasteiger partial charge in [0.2, 0.25) is 5.03 Å². The number of hydrogen-bond acceptors (Lipinski definition) is 4. The predicted octanol–water partition coefficient (Wildman–Crippen LogP) is 0.626. The molecule has 0 amide bonds. The van der Waals surface area contributed by atoms with Crippen molar-refractivity contribution in [3.8, 4) is 0 Å². The van der Waals surface area contributed by atoms with Crippen molar-refractivity contribution in [2.24, 2.45) is 11.7 Å². The maximum absolute atomic E-state index is 13.3. The van der Waals surface area contributed by atoms with Gasteiger partial charge >= 0.3 is 0 Å². The second-order valence-electron chi connectivity index (χ2n) is 4.58. The van der Waals surface area contributed by atoms with Crippen molar-refractivity contribution >= 4 is 10.0 Å². The van der Waals surface area contributed by atoms with Crippen molar-refractivity contribution in [1.29, 1.82) is 0 Å². The minimum Gasteiger partial charge on any atom is -0.328 e. The Kier molecular flexibility index (Phi) is 3.94. The molecule has 0 bridgehead atoms. The molecule has 0 aromatic carbocycles. The summed E-state index contributed by atoms with van der Waals surface area (Å²) in [4.78, 5) is 3.56. The minimum atomic E-state index is -3.87. The molecule has 100 valence electrons. The van der Waals surface area contributed by atoms with Crippen molar-refractivity contribution < 1.29 is 12.8 Å². The van der Waals surface area contributed by atoms with E-state index in [4.69, 9.17) is 5.73 Å². The van der Waals surface area contributed by atoms with Crippen LogP contribution in [0.15, 0.2) is 23.4 Å². The Bertz CT molecular complexity index is 521. The molecule has 1 heterocycles. The standard InChI is InChI=1S/C11H16FN3O2S/c12-10-2-1-5-14-11(10)18(16,17)15-7-8-3-4-9(13)6-8/h1-2,5,8-9,15H,3-4,6-7,13H2. The number of pyridine rings is 1. The average molecular weight is 273 g/mol. The molecule has 1 saturated carbocycles. The Balaban J connectivity index is 2.02. The van der Waals surface area contributed by atoms with E-state index >= 15 is 0 Å². The molecule has 1 aromatic rings. The van der Waals surface area contributed by atoms with Crippen LogP contribution in [0.4, 0.5) is 4.39 Å². The molecule has 0 aliphatic heterocycles. The number of halogens is 1. The van der Waals surface area contributed by atoms with Gasteiger partial charge in [0, 0.05) is 18.8 Å². The molecule has 2 atom stereocenters. The smallest absolute Gasteiger partial charge is 0.261 e. The molecule has 1 aliphatic rings. The highest BCUT2D eigenvalue weighted by Crippen LogP contribution is 2.23. The average Bonchev–Trinajstić information content (AvgIpc) is 2.73. The van der Waals surface area contributed by atoms with Crippen LogP contribution in [0.25, 0.3) is 0 Å². The summed E-state index contributed by atoms with van der Waals surface area (Å²) in [5.41, 5.74) is 5.75. The van der Waals surface area contributed by atoms with Crippen molar-refractivity contribution in [3.63, 3.8) is 0 Å². The van der Waals surface area contributed by atoms with Gasteiger partial charge in [-0.25, -0.2) is 22.5 Å². The largest absolute Gasteiger partial charge is 0.328 e. The van der Waals surface area contributed by atoms with Crippen molar-refractivity contribution in [1.82, 2.24) is 9.71 Å². The third-order valence-electron chi connectivity index (χ3n) is 3.12. The van der Waals surface area contributed by atoms with Gasteiger partial charge in [-0.3, -0.25) is 0 Å². The second kappa shape index (κ2) is 5.29. The van der Waals surface area contributed by atoms with Crippen LogP contribution in [0, 0.1) is 11.7 Å². The Labute approximate surface area is 106 Å². The SMILES string of the molecule is NC1CCC(CNS(=O)(=O)c2ncccc2F)C1. The maximum atomic E-state index is 13.3. The Morgan fingerprint density at radius 3 is 2.89 bits per heavy atom. The number of rotatable bonds is 4. The predicted molar refractivity (Wildman–Crippen MR) is 64.7 cm³/mol. The molecular weight excluding hydrogens is 257 g/mol. The third kappa shape index (κ3) is 3.04. The highest BCUT2D eigenvalue weighted by atomic mass is 32.2. The van der Waals surface area contributed by atoms with Crippen LogP contribution in [0.1, 0.15) is 19.3 Å². The number of nitrogens with two attached hydrogens (primary N) is 1. The molecule has 1 aromatic heterocycles. The van der Waals surface area contributed by atoms with Gasteiger partial charge in [-0.1, -0.05) is 0 Å². The topological polar surface area (TPSA) is 85.1 Å². The van der Waals surface area contributed by atoms with Gasteiger partial charge in [-0.2, -0.15) is 0 Å². The Morgan fingerprint density at radius 2 is 2.28 bits per heavy atom. The Morgan fingerprint density at radius 1 is 1.50 bits per heavy atom. The van der Waals surface area contributed by atoms with Crippen LogP contribution in [0.2, 0.25) is 0 Å². The fraction of sp³-hybridized carbons (Fsp3) is 0.545. The zero-order valence-corrected chi connectivity index (χ0v) is 10.7. The molecule has 0 radical (unpaired) electrons. The first-order valence-electron chi connectivity index (χ1n) is 5.85. The molecule has 1 fully saturated rings. The second-order valence-corrected chi connectivity index (χ2v) is 6.26. The van der Waals surface area contributed by atoms with Crippen LogP contribution < -0.4 is 10.5 Å². The van der Waals surface area contributed by atoms with E-state index in [0.29, 0.717) is 0 Å². The Hall–Kier alpha value is -1.05. The van der Waals surface area contributed by atoms with Gasteiger partial charge in [0.05, 0.1) is 0 Å². The maximum Gasteiger partial charge on any atom is 0.261 e. The number of nitrogens with one attached hydrogen (secondary N) is 1. The summed E-state index contributed by atoms with van der Waals surface area (Å²) in [7, 11) is -3.87. The zero-order chi connectivity index (χ0) is 13.2. The van der Waals surface area contributed by atoms with Gasteiger partial charge in [0.1, 0.15) is 0 Å². The summed E-state index contributed by atoms with van der Waals surface area (Å²) in [5, 5.41) is -0.549. The lowest BCUT2D eigenvalue weighted by Crippen LogP contribution is -2.30. The molecule has 7 heteroatoms. The van der Waals surface area contributed by atoms with Crippen LogP contribution in [-0.4, -0.2) is 26.0 Å².